The van der Waals surface area contributed by atoms with Crippen molar-refractivity contribution in [2.45, 2.75) is 72.4 Å². The maximum atomic E-state index is 13.1. The molecule has 2 aromatic carbocycles. The summed E-state index contributed by atoms with van der Waals surface area (Å²) < 4.78 is 2.36. The molecule has 5 nitrogen and oxygen atoms in total. The van der Waals surface area contributed by atoms with Crippen molar-refractivity contribution < 1.29 is 4.79 Å². The van der Waals surface area contributed by atoms with E-state index in [4.69, 9.17) is 4.98 Å². The zero-order chi connectivity index (χ0) is 24.5. The third kappa shape index (κ3) is 4.96. The molecule has 0 unspecified atom stereocenters. The fraction of sp³-hybridized carbons (Fsp3) is 0.533. The molecule has 3 aromatic rings. The van der Waals surface area contributed by atoms with Crippen molar-refractivity contribution in [2.75, 3.05) is 18.0 Å². The highest BCUT2D eigenvalue weighted by Gasteiger charge is 2.32. The number of imidazole rings is 1. The van der Waals surface area contributed by atoms with Gasteiger partial charge in [0.1, 0.15) is 0 Å². The third-order valence-corrected chi connectivity index (χ3v) is 8.65. The largest absolute Gasteiger partial charge is 0.353 e. The van der Waals surface area contributed by atoms with E-state index in [1.165, 1.54) is 35.0 Å². The Kier molecular flexibility index (Phi) is 6.86. The first-order valence-electron chi connectivity index (χ1n) is 13.5. The van der Waals surface area contributed by atoms with Gasteiger partial charge in [0.05, 0.1) is 17.6 Å². The number of amides is 1. The van der Waals surface area contributed by atoms with E-state index in [-0.39, 0.29) is 11.8 Å². The summed E-state index contributed by atoms with van der Waals surface area (Å²) in [5, 5.41) is 3.42. The van der Waals surface area contributed by atoms with E-state index in [0.29, 0.717) is 17.9 Å². The standard InChI is InChI=1S/C30H40N4O/c1-20-12-13-22(3)25(18-20)19-34-28-11-6-5-9-27(28)32-30(34)33-16-14-24(15-17-33)29(35)31-26-10-7-8-21(2)23(26)4/h5-6,9,11-13,18,21,23-24,26H,7-8,10,14-17,19H2,1-4H3,(H,31,35)/t21-,23+,26-/m1/s1. The average molecular weight is 473 g/mol. The zero-order valence-electron chi connectivity index (χ0n) is 21.8. The molecule has 0 spiro atoms. The van der Waals surface area contributed by atoms with E-state index in [0.717, 1.165) is 50.4 Å². The lowest BCUT2D eigenvalue weighted by molar-refractivity contribution is -0.127. The van der Waals surface area contributed by atoms with E-state index in [1.54, 1.807) is 0 Å². The second kappa shape index (κ2) is 10.0. The van der Waals surface area contributed by atoms with Crippen molar-refractivity contribution >= 4 is 22.9 Å². The Hall–Kier alpha value is -2.82. The maximum Gasteiger partial charge on any atom is 0.223 e. The van der Waals surface area contributed by atoms with Crippen LogP contribution in [-0.4, -0.2) is 34.6 Å². The number of carbonyl (C=O) groups excluding carboxylic acids is 1. The number of aryl methyl sites for hydroxylation is 2. The van der Waals surface area contributed by atoms with Crippen LogP contribution in [0.4, 0.5) is 5.95 Å². The van der Waals surface area contributed by atoms with Crippen molar-refractivity contribution in [3.8, 4) is 0 Å². The topological polar surface area (TPSA) is 50.2 Å². The van der Waals surface area contributed by atoms with Crippen molar-refractivity contribution in [1.82, 2.24) is 14.9 Å². The van der Waals surface area contributed by atoms with Gasteiger partial charge in [-0.15, -0.1) is 0 Å². The number of piperidine rings is 1. The number of benzene rings is 2. The predicted octanol–water partition coefficient (Wildman–Crippen LogP) is 5.86. The fourth-order valence-electron chi connectivity index (χ4n) is 6.03. The number of hydrogen-bond donors (Lipinski definition) is 1. The Morgan fingerprint density at radius 2 is 1.80 bits per heavy atom. The molecule has 0 radical (unpaired) electrons. The minimum absolute atomic E-state index is 0.104. The van der Waals surface area contributed by atoms with Crippen LogP contribution in [0.25, 0.3) is 11.0 Å². The molecule has 0 bridgehead atoms. The summed E-state index contributed by atoms with van der Waals surface area (Å²) in [4.78, 5) is 20.6. The van der Waals surface area contributed by atoms with Crippen molar-refractivity contribution in [1.29, 1.82) is 0 Å². The highest BCUT2D eigenvalue weighted by Crippen LogP contribution is 2.31. The minimum Gasteiger partial charge on any atom is -0.353 e. The monoisotopic (exact) mass is 472 g/mol. The summed E-state index contributed by atoms with van der Waals surface area (Å²) in [5.74, 6) is 2.66. The van der Waals surface area contributed by atoms with Crippen LogP contribution in [0.15, 0.2) is 42.5 Å². The van der Waals surface area contributed by atoms with E-state index >= 15 is 0 Å². The molecule has 2 fully saturated rings. The second-order valence-electron chi connectivity index (χ2n) is 11.1. The Labute approximate surface area is 209 Å². The van der Waals surface area contributed by atoms with Crippen LogP contribution in [0.2, 0.25) is 0 Å². The average Bonchev–Trinajstić information content (AvgIpc) is 3.22. The second-order valence-corrected chi connectivity index (χ2v) is 11.1. The number of para-hydroxylation sites is 2. The number of nitrogens with zero attached hydrogens (tertiary/aromatic N) is 3. The number of aromatic nitrogens is 2. The molecule has 1 saturated heterocycles. The normalized spacial score (nSPS) is 23.5. The van der Waals surface area contributed by atoms with E-state index in [2.05, 4.69) is 84.9 Å². The van der Waals surface area contributed by atoms with Gasteiger partial charge in [-0.3, -0.25) is 4.79 Å². The van der Waals surface area contributed by atoms with Gasteiger partial charge < -0.3 is 14.8 Å². The summed E-state index contributed by atoms with van der Waals surface area (Å²) in [7, 11) is 0. The molecule has 1 saturated carbocycles. The molecular weight excluding hydrogens is 432 g/mol. The number of fused-ring (bicyclic) bond motifs is 1. The van der Waals surface area contributed by atoms with Gasteiger partial charge in [0.15, 0.2) is 0 Å². The van der Waals surface area contributed by atoms with Gasteiger partial charge in [0.2, 0.25) is 11.9 Å². The van der Waals surface area contributed by atoms with Gasteiger partial charge in [-0.25, -0.2) is 4.98 Å². The van der Waals surface area contributed by atoms with Crippen LogP contribution in [0.5, 0.6) is 0 Å². The summed E-state index contributed by atoms with van der Waals surface area (Å²) in [6, 6.07) is 15.4. The lowest BCUT2D eigenvalue weighted by Gasteiger charge is -2.37. The fourth-order valence-corrected chi connectivity index (χ4v) is 6.03. The molecule has 1 aromatic heterocycles. The Balaban J connectivity index is 1.31. The van der Waals surface area contributed by atoms with Crippen LogP contribution < -0.4 is 10.2 Å². The lowest BCUT2D eigenvalue weighted by atomic mass is 9.78. The molecule has 5 rings (SSSR count). The molecule has 5 heteroatoms. The van der Waals surface area contributed by atoms with Crippen molar-refractivity contribution in [3.63, 3.8) is 0 Å². The molecular formula is C30H40N4O. The quantitative estimate of drug-likeness (QED) is 0.506. The highest BCUT2D eigenvalue weighted by atomic mass is 16.2. The molecule has 1 N–H and O–H groups in total. The van der Waals surface area contributed by atoms with E-state index < -0.39 is 0 Å². The first-order chi connectivity index (χ1) is 16.9. The lowest BCUT2D eigenvalue weighted by Crippen LogP contribution is -2.48. The van der Waals surface area contributed by atoms with E-state index in [9.17, 15) is 4.79 Å². The van der Waals surface area contributed by atoms with Gasteiger partial charge in [0.25, 0.3) is 0 Å². The smallest absolute Gasteiger partial charge is 0.223 e. The molecule has 2 heterocycles. The summed E-state index contributed by atoms with van der Waals surface area (Å²) in [6.45, 7) is 11.5. The van der Waals surface area contributed by atoms with Crippen LogP contribution in [0.3, 0.4) is 0 Å². The van der Waals surface area contributed by atoms with Crippen LogP contribution >= 0.6 is 0 Å². The highest BCUT2D eigenvalue weighted by molar-refractivity contribution is 5.80. The first-order valence-corrected chi connectivity index (χ1v) is 13.5. The molecule has 1 amide bonds. The molecule has 2 aliphatic rings. The molecule has 35 heavy (non-hydrogen) atoms. The van der Waals surface area contributed by atoms with Gasteiger partial charge in [-0.1, -0.05) is 62.6 Å². The molecule has 3 atom stereocenters. The molecule has 1 aliphatic heterocycles. The van der Waals surface area contributed by atoms with Gasteiger partial charge in [-0.05, 0) is 68.2 Å². The SMILES string of the molecule is Cc1ccc(C)c(Cn2c(N3CCC(C(=O)N[C@@H]4CCC[C@@H](C)[C@@H]4C)CC3)nc3ccccc32)c1. The van der Waals surface area contributed by atoms with Crippen LogP contribution in [-0.2, 0) is 11.3 Å². The summed E-state index contributed by atoms with van der Waals surface area (Å²) >= 11 is 0. The van der Waals surface area contributed by atoms with Crippen molar-refractivity contribution in [3.05, 3.63) is 59.2 Å². The zero-order valence-corrected chi connectivity index (χ0v) is 21.8. The Morgan fingerprint density at radius 1 is 1.03 bits per heavy atom. The number of rotatable bonds is 5. The predicted molar refractivity (Wildman–Crippen MR) is 144 cm³/mol. The van der Waals surface area contributed by atoms with Gasteiger partial charge in [0, 0.05) is 25.0 Å². The number of nitrogens with one attached hydrogen (secondary N) is 1. The van der Waals surface area contributed by atoms with E-state index in [1.807, 2.05) is 0 Å². The molecule has 1 aliphatic carbocycles. The molecule has 186 valence electrons. The number of anilines is 1. The first kappa shape index (κ1) is 23.9. The summed E-state index contributed by atoms with van der Waals surface area (Å²) in [5.41, 5.74) is 6.13. The van der Waals surface area contributed by atoms with Crippen LogP contribution in [0.1, 0.15) is 62.6 Å². The number of hydrogen-bond acceptors (Lipinski definition) is 3. The van der Waals surface area contributed by atoms with Crippen LogP contribution in [0, 0.1) is 31.6 Å². The van der Waals surface area contributed by atoms with Gasteiger partial charge in [-0.2, -0.15) is 0 Å². The van der Waals surface area contributed by atoms with Crippen molar-refractivity contribution in [2.24, 2.45) is 17.8 Å². The van der Waals surface area contributed by atoms with Gasteiger partial charge >= 0.3 is 0 Å². The summed E-state index contributed by atoms with van der Waals surface area (Å²) in [6.07, 6.45) is 5.41. The Morgan fingerprint density at radius 3 is 2.60 bits per heavy atom. The number of carbonyl (C=O) groups is 1. The maximum absolute atomic E-state index is 13.1. The Bertz CT molecular complexity index is 1190. The minimum atomic E-state index is 0.104. The third-order valence-electron chi connectivity index (χ3n) is 8.65.